The van der Waals surface area contributed by atoms with Gasteiger partial charge in [-0.15, -0.1) is 0 Å². The van der Waals surface area contributed by atoms with E-state index >= 15 is 0 Å². The lowest BCUT2D eigenvalue weighted by molar-refractivity contribution is -0.0269. The summed E-state index contributed by atoms with van der Waals surface area (Å²) in [6, 6.07) is 3.67. The van der Waals surface area contributed by atoms with Crippen LogP contribution in [0.15, 0.2) is 24.5 Å². The molecule has 6 heteroatoms. The molecular weight excluding hydrogens is 272 g/mol. The fourth-order valence-corrected chi connectivity index (χ4v) is 1.90. The van der Waals surface area contributed by atoms with Crippen LogP contribution >= 0.6 is 0 Å². The number of esters is 1. The van der Waals surface area contributed by atoms with Crippen LogP contribution in [0, 0.1) is 0 Å². The molecule has 0 aliphatic heterocycles. The van der Waals surface area contributed by atoms with Crippen LogP contribution in [0.4, 0.5) is 0 Å². The number of hydrogen-bond acceptors (Lipinski definition) is 5. The van der Waals surface area contributed by atoms with Gasteiger partial charge in [0.25, 0.3) is 0 Å². The molecule has 2 heterocycles. The van der Waals surface area contributed by atoms with Gasteiger partial charge in [0.2, 0.25) is 0 Å². The number of carbonyl (C=O) groups excluding carboxylic acids is 1. The predicted molar refractivity (Wildman–Crippen MR) is 77.1 cm³/mol. The average Bonchev–Trinajstić information content (AvgIpc) is 2.80. The molecule has 0 fully saturated rings. The van der Waals surface area contributed by atoms with Gasteiger partial charge in [-0.2, -0.15) is 5.10 Å². The van der Waals surface area contributed by atoms with Gasteiger partial charge in [-0.3, -0.25) is 0 Å². The molecule has 0 radical (unpaired) electrons. The van der Waals surface area contributed by atoms with Gasteiger partial charge in [-0.1, -0.05) is 6.07 Å². The van der Waals surface area contributed by atoms with Crippen molar-refractivity contribution in [1.29, 1.82) is 0 Å². The monoisotopic (exact) mass is 292 g/mol. The van der Waals surface area contributed by atoms with Gasteiger partial charge in [0.15, 0.2) is 0 Å². The fourth-order valence-electron chi connectivity index (χ4n) is 1.90. The highest BCUT2D eigenvalue weighted by atomic mass is 16.5. The Hall–Kier alpha value is -1.92. The first-order valence-electron chi connectivity index (χ1n) is 6.84. The number of pyridine rings is 1. The van der Waals surface area contributed by atoms with E-state index < -0.39 is 5.60 Å². The second-order valence-electron chi connectivity index (χ2n) is 5.45. The first-order chi connectivity index (χ1) is 9.90. The number of aliphatic hydroxyl groups is 1. The van der Waals surface area contributed by atoms with Gasteiger partial charge in [0.1, 0.15) is 5.56 Å². The van der Waals surface area contributed by atoms with E-state index in [4.69, 9.17) is 9.47 Å². The Morgan fingerprint density at radius 1 is 1.43 bits per heavy atom. The molecule has 1 N–H and O–H groups in total. The quantitative estimate of drug-likeness (QED) is 0.822. The van der Waals surface area contributed by atoms with Gasteiger partial charge in [-0.05, 0) is 32.4 Å². The topological polar surface area (TPSA) is 73.1 Å². The Balaban J connectivity index is 2.11. The zero-order valence-corrected chi connectivity index (χ0v) is 12.5. The van der Waals surface area contributed by atoms with Crippen LogP contribution in [0.5, 0.6) is 0 Å². The van der Waals surface area contributed by atoms with Crippen molar-refractivity contribution in [2.75, 3.05) is 13.2 Å². The number of ether oxygens (including phenoxy) is 2. The van der Waals surface area contributed by atoms with Crippen LogP contribution in [0.1, 0.15) is 36.7 Å². The van der Waals surface area contributed by atoms with Gasteiger partial charge in [-0.25, -0.2) is 9.31 Å². The number of rotatable bonds is 6. The molecule has 0 bridgehead atoms. The molecule has 0 unspecified atom stereocenters. The molecule has 2 rings (SSSR count). The molecule has 0 saturated carbocycles. The summed E-state index contributed by atoms with van der Waals surface area (Å²) in [4.78, 5) is 11.8. The minimum absolute atomic E-state index is 0.248. The second kappa shape index (κ2) is 6.24. The van der Waals surface area contributed by atoms with Crippen molar-refractivity contribution in [3.8, 4) is 0 Å². The largest absolute Gasteiger partial charge is 0.462 e. The summed E-state index contributed by atoms with van der Waals surface area (Å²) in [6.45, 7) is 6.10. The third-order valence-electron chi connectivity index (χ3n) is 2.80. The minimum Gasteiger partial charge on any atom is -0.462 e. The van der Waals surface area contributed by atoms with E-state index in [9.17, 15) is 9.90 Å². The lowest BCUT2D eigenvalue weighted by Crippen LogP contribution is -2.25. The molecule has 6 nitrogen and oxygen atoms in total. The number of aromatic nitrogens is 2. The summed E-state index contributed by atoms with van der Waals surface area (Å²) in [5, 5.41) is 13.7. The van der Waals surface area contributed by atoms with Gasteiger partial charge in [0, 0.05) is 6.20 Å². The van der Waals surface area contributed by atoms with Crippen LogP contribution in [0.2, 0.25) is 0 Å². The van der Waals surface area contributed by atoms with Crippen LogP contribution in [-0.2, 0) is 16.1 Å². The third-order valence-corrected chi connectivity index (χ3v) is 2.80. The van der Waals surface area contributed by atoms with Crippen molar-refractivity contribution in [2.24, 2.45) is 0 Å². The van der Waals surface area contributed by atoms with Gasteiger partial charge < -0.3 is 14.6 Å². The van der Waals surface area contributed by atoms with Crippen LogP contribution < -0.4 is 0 Å². The SMILES string of the molecule is CCOC(=O)c1cnn2cc(COCC(C)(C)O)ccc12. The van der Waals surface area contributed by atoms with Gasteiger partial charge >= 0.3 is 5.97 Å². The lowest BCUT2D eigenvalue weighted by Gasteiger charge is -2.16. The predicted octanol–water partition coefficient (Wildman–Crippen LogP) is 1.80. The van der Waals surface area contributed by atoms with E-state index in [-0.39, 0.29) is 12.6 Å². The summed E-state index contributed by atoms with van der Waals surface area (Å²) < 4.78 is 12.0. The summed E-state index contributed by atoms with van der Waals surface area (Å²) in [6.07, 6.45) is 3.29. The summed E-state index contributed by atoms with van der Waals surface area (Å²) in [7, 11) is 0. The van der Waals surface area contributed by atoms with E-state index in [1.54, 1.807) is 31.5 Å². The minimum atomic E-state index is -0.854. The maximum Gasteiger partial charge on any atom is 0.341 e. The first kappa shape index (κ1) is 15.5. The maximum atomic E-state index is 11.8. The molecule has 0 atom stereocenters. The fraction of sp³-hybridized carbons (Fsp3) is 0.467. The Kier molecular flexibility index (Phi) is 4.59. The Labute approximate surface area is 123 Å². The number of nitrogens with zero attached hydrogens (tertiary/aromatic N) is 2. The molecule has 2 aromatic heterocycles. The van der Waals surface area contributed by atoms with Crippen molar-refractivity contribution in [3.05, 3.63) is 35.7 Å². The van der Waals surface area contributed by atoms with E-state index in [2.05, 4.69) is 5.10 Å². The molecule has 0 aromatic carbocycles. The first-order valence-corrected chi connectivity index (χ1v) is 6.84. The van der Waals surface area contributed by atoms with Crippen molar-refractivity contribution >= 4 is 11.5 Å². The van der Waals surface area contributed by atoms with Crippen molar-refractivity contribution < 1.29 is 19.4 Å². The van der Waals surface area contributed by atoms with E-state index in [0.717, 1.165) is 5.56 Å². The maximum absolute atomic E-state index is 11.8. The summed E-state index contributed by atoms with van der Waals surface area (Å²) in [5.74, 6) is -0.376. The number of carbonyl (C=O) groups is 1. The standard InChI is InChI=1S/C15H20N2O4/c1-4-21-14(18)12-7-16-17-8-11(5-6-13(12)17)9-20-10-15(2,3)19/h5-8,19H,4,9-10H2,1-3H3. The molecule has 0 aliphatic carbocycles. The van der Waals surface area contributed by atoms with Crippen molar-refractivity contribution in [1.82, 2.24) is 9.61 Å². The Morgan fingerprint density at radius 3 is 2.86 bits per heavy atom. The van der Waals surface area contributed by atoms with Crippen molar-refractivity contribution in [3.63, 3.8) is 0 Å². The van der Waals surface area contributed by atoms with Crippen LogP contribution in [0.25, 0.3) is 5.52 Å². The highest BCUT2D eigenvalue weighted by Crippen LogP contribution is 2.14. The smallest absolute Gasteiger partial charge is 0.341 e. The molecule has 0 amide bonds. The molecule has 114 valence electrons. The van der Waals surface area contributed by atoms with Gasteiger partial charge in [0.05, 0.1) is 37.1 Å². The molecule has 21 heavy (non-hydrogen) atoms. The van der Waals surface area contributed by atoms with Crippen molar-refractivity contribution in [2.45, 2.75) is 33.0 Å². The highest BCUT2D eigenvalue weighted by Gasteiger charge is 2.15. The van der Waals surface area contributed by atoms with Crippen LogP contribution in [0.3, 0.4) is 0 Å². The molecule has 0 aliphatic rings. The summed E-state index contributed by atoms with van der Waals surface area (Å²) >= 11 is 0. The van der Waals surface area contributed by atoms with Crippen LogP contribution in [-0.4, -0.2) is 39.5 Å². The Morgan fingerprint density at radius 2 is 2.19 bits per heavy atom. The van der Waals surface area contributed by atoms with E-state index in [1.807, 2.05) is 12.1 Å². The lowest BCUT2D eigenvalue weighted by atomic mass is 10.2. The molecule has 0 spiro atoms. The zero-order chi connectivity index (χ0) is 15.5. The zero-order valence-electron chi connectivity index (χ0n) is 12.5. The molecule has 2 aromatic rings. The van der Waals surface area contributed by atoms with E-state index in [1.165, 1.54) is 6.20 Å². The second-order valence-corrected chi connectivity index (χ2v) is 5.45. The molecule has 0 saturated heterocycles. The number of fused-ring (bicyclic) bond motifs is 1. The molecular formula is C15H20N2O4. The number of hydrogen-bond donors (Lipinski definition) is 1. The highest BCUT2D eigenvalue weighted by molar-refractivity contribution is 5.96. The third kappa shape index (κ3) is 4.03. The van der Waals surface area contributed by atoms with E-state index in [0.29, 0.717) is 24.3 Å². The summed E-state index contributed by atoms with van der Waals surface area (Å²) in [5.41, 5.74) is 1.19. The Bertz CT molecular complexity index is 628. The average molecular weight is 292 g/mol. The normalized spacial score (nSPS) is 11.8.